The van der Waals surface area contributed by atoms with Crippen molar-refractivity contribution in [3.05, 3.63) is 34.9 Å². The van der Waals surface area contributed by atoms with E-state index >= 15 is 0 Å². The zero-order chi connectivity index (χ0) is 14.5. The minimum atomic E-state index is 0. The van der Waals surface area contributed by atoms with Crippen LogP contribution >= 0.6 is 24.0 Å². The smallest absolute Gasteiger partial charge is 0.223 e. The number of nitrogens with zero attached hydrogens (tertiary/aromatic N) is 1. The van der Waals surface area contributed by atoms with Crippen molar-refractivity contribution < 1.29 is 4.79 Å². The highest BCUT2D eigenvalue weighted by Crippen LogP contribution is 2.24. The van der Waals surface area contributed by atoms with Crippen LogP contribution in [0.15, 0.2) is 24.3 Å². The van der Waals surface area contributed by atoms with Crippen molar-refractivity contribution in [2.75, 3.05) is 20.1 Å². The van der Waals surface area contributed by atoms with E-state index in [0.29, 0.717) is 12.3 Å². The van der Waals surface area contributed by atoms with E-state index in [1.54, 1.807) is 0 Å². The lowest BCUT2D eigenvalue weighted by molar-refractivity contribution is -0.133. The van der Waals surface area contributed by atoms with Gasteiger partial charge in [0.25, 0.3) is 0 Å². The van der Waals surface area contributed by atoms with Crippen molar-refractivity contribution in [1.29, 1.82) is 0 Å². The van der Waals surface area contributed by atoms with Crippen LogP contribution in [0.5, 0.6) is 0 Å². The van der Waals surface area contributed by atoms with Gasteiger partial charge < -0.3 is 10.2 Å². The molecule has 1 unspecified atom stereocenters. The molecule has 0 radical (unpaired) electrons. The number of piperidine rings is 1. The Morgan fingerprint density at radius 2 is 1.90 bits per heavy atom. The average molecular weight is 331 g/mol. The maximum atomic E-state index is 12.4. The van der Waals surface area contributed by atoms with Gasteiger partial charge in [-0.1, -0.05) is 23.7 Å². The largest absolute Gasteiger partial charge is 0.339 e. The molecule has 1 atom stereocenters. The molecule has 0 bridgehead atoms. The van der Waals surface area contributed by atoms with Crippen LogP contribution in [0.4, 0.5) is 0 Å². The highest BCUT2D eigenvalue weighted by molar-refractivity contribution is 6.30. The van der Waals surface area contributed by atoms with E-state index in [4.69, 9.17) is 11.6 Å². The second-order valence-corrected chi connectivity index (χ2v) is 6.07. The highest BCUT2D eigenvalue weighted by atomic mass is 35.5. The molecule has 1 aliphatic rings. The van der Waals surface area contributed by atoms with Gasteiger partial charge in [-0.15, -0.1) is 12.4 Å². The third-order valence-corrected chi connectivity index (χ3v) is 4.50. The van der Waals surface area contributed by atoms with Crippen molar-refractivity contribution in [1.82, 2.24) is 10.2 Å². The summed E-state index contributed by atoms with van der Waals surface area (Å²) in [6, 6.07) is 7.81. The summed E-state index contributed by atoms with van der Waals surface area (Å²) in [7, 11) is 1.89. The Kier molecular flexibility index (Phi) is 7.50. The summed E-state index contributed by atoms with van der Waals surface area (Å²) in [5.74, 6) is 0.767. The molecule has 1 aromatic carbocycles. The van der Waals surface area contributed by atoms with Crippen molar-refractivity contribution in [3.8, 4) is 0 Å². The number of carbonyl (C=O) groups is 1. The van der Waals surface area contributed by atoms with Crippen LogP contribution in [0.3, 0.4) is 0 Å². The molecule has 118 valence electrons. The Morgan fingerprint density at radius 3 is 2.48 bits per heavy atom. The number of hydrogen-bond donors (Lipinski definition) is 1. The lowest BCUT2D eigenvalue weighted by atomic mass is 9.93. The number of benzene rings is 1. The molecule has 2 rings (SSSR count). The molecule has 0 aromatic heterocycles. The summed E-state index contributed by atoms with van der Waals surface area (Å²) in [5.41, 5.74) is 1.12. The van der Waals surface area contributed by atoms with Crippen LogP contribution < -0.4 is 5.32 Å². The lowest BCUT2D eigenvalue weighted by Crippen LogP contribution is -2.34. The molecule has 1 aliphatic heterocycles. The summed E-state index contributed by atoms with van der Waals surface area (Å²) in [5, 5.41) is 4.06. The van der Waals surface area contributed by atoms with Gasteiger partial charge in [0.2, 0.25) is 5.91 Å². The van der Waals surface area contributed by atoms with Gasteiger partial charge in [-0.05, 0) is 56.5 Å². The number of carbonyl (C=O) groups excluding carboxylic acids is 1. The molecular formula is C16H24Cl2N2O. The van der Waals surface area contributed by atoms with Crippen molar-refractivity contribution >= 4 is 29.9 Å². The van der Waals surface area contributed by atoms with Crippen LogP contribution in [0, 0.1) is 5.92 Å². The third kappa shape index (κ3) is 5.17. The minimum Gasteiger partial charge on any atom is -0.339 e. The van der Waals surface area contributed by atoms with Crippen molar-refractivity contribution in [3.63, 3.8) is 0 Å². The van der Waals surface area contributed by atoms with E-state index in [2.05, 4.69) is 12.2 Å². The van der Waals surface area contributed by atoms with Gasteiger partial charge >= 0.3 is 0 Å². The number of halogens is 2. The molecule has 0 saturated carbocycles. The molecule has 1 heterocycles. The predicted octanol–water partition coefficient (Wildman–Crippen LogP) is 3.67. The Hall–Kier alpha value is -0.770. The number of rotatable bonds is 4. The maximum absolute atomic E-state index is 12.4. The predicted molar refractivity (Wildman–Crippen MR) is 90.1 cm³/mol. The van der Waals surface area contributed by atoms with Gasteiger partial charge in [-0.2, -0.15) is 0 Å². The minimum absolute atomic E-state index is 0. The second-order valence-electron chi connectivity index (χ2n) is 5.63. The third-order valence-electron chi connectivity index (χ3n) is 4.25. The van der Waals surface area contributed by atoms with E-state index < -0.39 is 0 Å². The SMILES string of the molecule is CC(c1ccc(Cl)cc1)N(C)C(=O)CC1CCNCC1.Cl. The number of hydrogen-bond acceptors (Lipinski definition) is 2. The summed E-state index contributed by atoms with van der Waals surface area (Å²) in [6.07, 6.45) is 2.87. The van der Waals surface area contributed by atoms with Crippen LogP contribution in [-0.4, -0.2) is 30.9 Å². The van der Waals surface area contributed by atoms with E-state index in [1.807, 2.05) is 36.2 Å². The summed E-state index contributed by atoms with van der Waals surface area (Å²) in [4.78, 5) is 14.2. The molecule has 0 spiro atoms. The summed E-state index contributed by atoms with van der Waals surface area (Å²) >= 11 is 5.90. The van der Waals surface area contributed by atoms with E-state index in [-0.39, 0.29) is 24.4 Å². The van der Waals surface area contributed by atoms with E-state index in [1.165, 1.54) is 0 Å². The van der Waals surface area contributed by atoms with Gasteiger partial charge in [-0.25, -0.2) is 0 Å². The first-order valence-electron chi connectivity index (χ1n) is 7.29. The molecule has 1 N–H and O–H groups in total. The fourth-order valence-corrected chi connectivity index (χ4v) is 2.78. The molecule has 1 saturated heterocycles. The van der Waals surface area contributed by atoms with Crippen LogP contribution in [0.2, 0.25) is 5.02 Å². The maximum Gasteiger partial charge on any atom is 0.223 e. The standard InChI is InChI=1S/C16H23ClN2O.ClH/c1-12(14-3-5-15(17)6-4-14)19(2)16(20)11-13-7-9-18-10-8-13;/h3-6,12-13,18H,7-11H2,1-2H3;1H. The van der Waals surface area contributed by atoms with Gasteiger partial charge in [-0.3, -0.25) is 4.79 Å². The highest BCUT2D eigenvalue weighted by Gasteiger charge is 2.22. The average Bonchev–Trinajstić information content (AvgIpc) is 2.47. The van der Waals surface area contributed by atoms with Crippen molar-refractivity contribution in [2.24, 2.45) is 5.92 Å². The van der Waals surface area contributed by atoms with Gasteiger partial charge in [0, 0.05) is 18.5 Å². The zero-order valence-corrected chi connectivity index (χ0v) is 14.2. The van der Waals surface area contributed by atoms with Crippen molar-refractivity contribution in [2.45, 2.75) is 32.2 Å². The quantitative estimate of drug-likeness (QED) is 0.913. The normalized spacial score (nSPS) is 16.9. The summed E-state index contributed by atoms with van der Waals surface area (Å²) < 4.78 is 0. The Morgan fingerprint density at radius 1 is 1.33 bits per heavy atom. The van der Waals surface area contributed by atoms with E-state index in [0.717, 1.165) is 36.5 Å². The fourth-order valence-electron chi connectivity index (χ4n) is 2.66. The first-order valence-corrected chi connectivity index (χ1v) is 7.67. The topological polar surface area (TPSA) is 32.3 Å². The van der Waals surface area contributed by atoms with E-state index in [9.17, 15) is 4.79 Å². The zero-order valence-electron chi connectivity index (χ0n) is 12.6. The molecule has 21 heavy (non-hydrogen) atoms. The van der Waals surface area contributed by atoms with Gasteiger partial charge in [0.1, 0.15) is 0 Å². The van der Waals surface area contributed by atoms with Gasteiger partial charge in [0.05, 0.1) is 6.04 Å². The Balaban J connectivity index is 0.00000220. The van der Waals surface area contributed by atoms with Crippen LogP contribution in [-0.2, 0) is 4.79 Å². The first kappa shape index (κ1) is 18.3. The monoisotopic (exact) mass is 330 g/mol. The Labute approximate surface area is 138 Å². The molecule has 0 aliphatic carbocycles. The Bertz CT molecular complexity index is 444. The lowest BCUT2D eigenvalue weighted by Gasteiger charge is -2.29. The fraction of sp³-hybridized carbons (Fsp3) is 0.562. The summed E-state index contributed by atoms with van der Waals surface area (Å²) in [6.45, 7) is 4.13. The van der Waals surface area contributed by atoms with Gasteiger partial charge in [0.15, 0.2) is 0 Å². The first-order chi connectivity index (χ1) is 9.58. The molecule has 5 heteroatoms. The van der Waals surface area contributed by atoms with Crippen LogP contribution in [0.1, 0.15) is 37.8 Å². The van der Waals surface area contributed by atoms with Crippen LogP contribution in [0.25, 0.3) is 0 Å². The molecule has 1 amide bonds. The second kappa shape index (κ2) is 8.62. The molecular weight excluding hydrogens is 307 g/mol. The molecule has 3 nitrogen and oxygen atoms in total. The molecule has 1 aromatic rings. The number of amides is 1. The molecule has 1 fully saturated rings. The number of nitrogens with one attached hydrogen (secondary N) is 1.